The summed E-state index contributed by atoms with van der Waals surface area (Å²) in [7, 11) is 2.11. The molecule has 0 aromatic heterocycles. The van der Waals surface area contributed by atoms with Crippen molar-refractivity contribution < 1.29 is 4.92 Å². The normalized spacial score (nSPS) is 18.6. The number of likely N-dealkylation sites (tertiary alicyclic amines) is 1. The lowest BCUT2D eigenvalue weighted by molar-refractivity contribution is -0.384. The van der Waals surface area contributed by atoms with Crippen molar-refractivity contribution in [1.29, 1.82) is 0 Å². The SMILES string of the molecule is CN1CCC(c2cccc([N+](=O)[O-])c2)CC1. The molecule has 0 aliphatic carbocycles. The minimum Gasteiger partial charge on any atom is -0.306 e. The second kappa shape index (κ2) is 4.61. The van der Waals surface area contributed by atoms with Gasteiger partial charge in [0.2, 0.25) is 0 Å². The van der Waals surface area contributed by atoms with Gasteiger partial charge in [-0.05, 0) is 44.5 Å². The maximum absolute atomic E-state index is 10.7. The summed E-state index contributed by atoms with van der Waals surface area (Å²) in [6.45, 7) is 2.15. The molecule has 0 unspecified atom stereocenters. The fourth-order valence-corrected chi connectivity index (χ4v) is 2.23. The van der Waals surface area contributed by atoms with Crippen molar-refractivity contribution in [3.8, 4) is 0 Å². The Morgan fingerprint density at radius 2 is 2.06 bits per heavy atom. The van der Waals surface area contributed by atoms with E-state index in [1.807, 2.05) is 6.07 Å². The highest BCUT2D eigenvalue weighted by Gasteiger charge is 2.19. The Bertz CT molecular complexity index is 384. The van der Waals surface area contributed by atoms with Gasteiger partial charge in [0.05, 0.1) is 4.92 Å². The van der Waals surface area contributed by atoms with Crippen LogP contribution >= 0.6 is 0 Å². The molecule has 0 amide bonds. The molecule has 1 aliphatic heterocycles. The highest BCUT2D eigenvalue weighted by atomic mass is 16.6. The molecule has 1 aromatic rings. The van der Waals surface area contributed by atoms with Gasteiger partial charge in [0.25, 0.3) is 5.69 Å². The van der Waals surface area contributed by atoms with Gasteiger partial charge in [-0.25, -0.2) is 0 Å². The van der Waals surface area contributed by atoms with E-state index in [0.717, 1.165) is 31.5 Å². The number of nitro benzene ring substituents is 1. The van der Waals surface area contributed by atoms with E-state index in [2.05, 4.69) is 11.9 Å². The smallest absolute Gasteiger partial charge is 0.269 e. The van der Waals surface area contributed by atoms with E-state index in [4.69, 9.17) is 0 Å². The second-order valence-corrected chi connectivity index (χ2v) is 4.43. The molecule has 16 heavy (non-hydrogen) atoms. The number of rotatable bonds is 2. The first-order chi connectivity index (χ1) is 7.66. The van der Waals surface area contributed by atoms with Crippen molar-refractivity contribution in [2.24, 2.45) is 0 Å². The number of nitrogens with zero attached hydrogens (tertiary/aromatic N) is 2. The van der Waals surface area contributed by atoms with E-state index in [-0.39, 0.29) is 10.6 Å². The maximum atomic E-state index is 10.7. The third-order valence-electron chi connectivity index (χ3n) is 3.27. The molecule has 1 fully saturated rings. The third kappa shape index (κ3) is 2.39. The molecule has 2 rings (SSSR count). The predicted molar refractivity (Wildman–Crippen MR) is 62.6 cm³/mol. The molecule has 4 nitrogen and oxygen atoms in total. The van der Waals surface area contributed by atoms with Gasteiger partial charge in [0.15, 0.2) is 0 Å². The van der Waals surface area contributed by atoms with E-state index < -0.39 is 0 Å². The zero-order chi connectivity index (χ0) is 11.5. The summed E-state index contributed by atoms with van der Waals surface area (Å²) in [6, 6.07) is 7.06. The zero-order valence-corrected chi connectivity index (χ0v) is 9.43. The Morgan fingerprint density at radius 1 is 1.38 bits per heavy atom. The maximum Gasteiger partial charge on any atom is 0.269 e. The van der Waals surface area contributed by atoms with Crippen molar-refractivity contribution >= 4 is 5.69 Å². The quantitative estimate of drug-likeness (QED) is 0.568. The topological polar surface area (TPSA) is 46.4 Å². The first-order valence-corrected chi connectivity index (χ1v) is 5.59. The van der Waals surface area contributed by atoms with Crippen LogP contribution in [-0.2, 0) is 0 Å². The fourth-order valence-electron chi connectivity index (χ4n) is 2.23. The molecule has 0 radical (unpaired) electrons. The molecule has 1 aliphatic rings. The van der Waals surface area contributed by atoms with Crippen LogP contribution in [0.2, 0.25) is 0 Å². The molecule has 0 N–H and O–H groups in total. The summed E-state index contributed by atoms with van der Waals surface area (Å²) in [6.07, 6.45) is 2.19. The lowest BCUT2D eigenvalue weighted by Gasteiger charge is -2.29. The van der Waals surface area contributed by atoms with E-state index in [0.29, 0.717) is 5.92 Å². The monoisotopic (exact) mass is 220 g/mol. The van der Waals surface area contributed by atoms with Gasteiger partial charge in [-0.15, -0.1) is 0 Å². The van der Waals surface area contributed by atoms with Gasteiger partial charge in [0.1, 0.15) is 0 Å². The summed E-state index contributed by atoms with van der Waals surface area (Å²) in [4.78, 5) is 12.7. The first kappa shape index (κ1) is 11.1. The van der Waals surface area contributed by atoms with Gasteiger partial charge in [-0.3, -0.25) is 10.1 Å². The Kier molecular flexibility index (Phi) is 3.19. The standard InChI is InChI=1S/C12H16N2O2/c1-13-7-5-10(6-8-13)11-3-2-4-12(9-11)14(15)16/h2-4,9-10H,5-8H2,1H3. The van der Waals surface area contributed by atoms with Crippen molar-refractivity contribution in [3.63, 3.8) is 0 Å². The summed E-state index contributed by atoms with van der Waals surface area (Å²) in [5.41, 5.74) is 1.32. The van der Waals surface area contributed by atoms with Gasteiger partial charge < -0.3 is 4.90 Å². The van der Waals surface area contributed by atoms with Crippen LogP contribution in [0, 0.1) is 10.1 Å². The van der Waals surface area contributed by atoms with Crippen LogP contribution in [-0.4, -0.2) is 30.0 Å². The first-order valence-electron chi connectivity index (χ1n) is 5.59. The average molecular weight is 220 g/mol. The largest absolute Gasteiger partial charge is 0.306 e. The molecule has 86 valence electrons. The highest BCUT2D eigenvalue weighted by Crippen LogP contribution is 2.29. The van der Waals surface area contributed by atoms with Gasteiger partial charge >= 0.3 is 0 Å². The fraction of sp³-hybridized carbons (Fsp3) is 0.500. The van der Waals surface area contributed by atoms with E-state index in [9.17, 15) is 10.1 Å². The molecule has 1 saturated heterocycles. The van der Waals surface area contributed by atoms with Crippen LogP contribution in [0.4, 0.5) is 5.69 Å². The Balaban J connectivity index is 2.14. The molecule has 1 heterocycles. The molecule has 4 heteroatoms. The molecule has 0 bridgehead atoms. The molecular formula is C12H16N2O2. The summed E-state index contributed by atoms with van der Waals surface area (Å²) in [5.74, 6) is 0.482. The molecule has 0 spiro atoms. The molecular weight excluding hydrogens is 204 g/mol. The molecule has 0 atom stereocenters. The second-order valence-electron chi connectivity index (χ2n) is 4.43. The van der Waals surface area contributed by atoms with Gasteiger partial charge in [0, 0.05) is 12.1 Å². The van der Waals surface area contributed by atoms with Crippen LogP contribution in [0.25, 0.3) is 0 Å². The minimum atomic E-state index is -0.321. The van der Waals surface area contributed by atoms with Crippen LogP contribution < -0.4 is 0 Å². The van der Waals surface area contributed by atoms with Crippen LogP contribution in [0.3, 0.4) is 0 Å². The average Bonchev–Trinajstić information content (AvgIpc) is 2.30. The van der Waals surface area contributed by atoms with Crippen LogP contribution in [0.15, 0.2) is 24.3 Å². The van der Waals surface area contributed by atoms with Crippen molar-refractivity contribution in [1.82, 2.24) is 4.90 Å². The molecule has 1 aromatic carbocycles. The number of hydrogen-bond donors (Lipinski definition) is 0. The Labute approximate surface area is 95.0 Å². The Morgan fingerprint density at radius 3 is 2.69 bits per heavy atom. The zero-order valence-electron chi connectivity index (χ0n) is 9.43. The predicted octanol–water partition coefficient (Wildman–Crippen LogP) is 2.40. The number of non-ortho nitro benzene ring substituents is 1. The third-order valence-corrected chi connectivity index (χ3v) is 3.27. The van der Waals surface area contributed by atoms with E-state index >= 15 is 0 Å². The highest BCUT2D eigenvalue weighted by molar-refractivity contribution is 5.36. The number of hydrogen-bond acceptors (Lipinski definition) is 3. The summed E-state index contributed by atoms with van der Waals surface area (Å²) >= 11 is 0. The lowest BCUT2D eigenvalue weighted by Crippen LogP contribution is -2.29. The van der Waals surface area contributed by atoms with Crippen molar-refractivity contribution in [3.05, 3.63) is 39.9 Å². The van der Waals surface area contributed by atoms with Crippen molar-refractivity contribution in [2.75, 3.05) is 20.1 Å². The number of nitro groups is 1. The summed E-state index contributed by atoms with van der Waals surface area (Å²) in [5, 5.41) is 10.7. The van der Waals surface area contributed by atoms with E-state index in [1.54, 1.807) is 18.2 Å². The minimum absolute atomic E-state index is 0.205. The van der Waals surface area contributed by atoms with Gasteiger partial charge in [-0.2, -0.15) is 0 Å². The van der Waals surface area contributed by atoms with Crippen LogP contribution in [0.1, 0.15) is 24.3 Å². The molecule has 0 saturated carbocycles. The van der Waals surface area contributed by atoms with Crippen molar-refractivity contribution in [2.45, 2.75) is 18.8 Å². The van der Waals surface area contributed by atoms with Crippen LogP contribution in [0.5, 0.6) is 0 Å². The van der Waals surface area contributed by atoms with E-state index in [1.165, 1.54) is 0 Å². The van der Waals surface area contributed by atoms with Gasteiger partial charge in [-0.1, -0.05) is 12.1 Å². The number of piperidine rings is 1. The summed E-state index contributed by atoms with van der Waals surface area (Å²) < 4.78 is 0. The Hall–Kier alpha value is -1.42. The number of benzene rings is 1. The lowest BCUT2D eigenvalue weighted by atomic mass is 9.89.